The number of hydrogen-bond acceptors (Lipinski definition) is 2. The predicted octanol–water partition coefficient (Wildman–Crippen LogP) is 2.24. The molecule has 2 N–H and O–H groups in total. The van der Waals surface area contributed by atoms with E-state index in [0.29, 0.717) is 0 Å². The van der Waals surface area contributed by atoms with E-state index in [9.17, 15) is 0 Å². The van der Waals surface area contributed by atoms with Crippen LogP contribution in [0, 0.1) is 17.8 Å². The molecule has 0 aromatic heterocycles. The third-order valence-corrected chi connectivity index (χ3v) is 5.36. The summed E-state index contributed by atoms with van der Waals surface area (Å²) in [6, 6.07) is 0.891. The largest absolute Gasteiger partial charge is 0.329 e. The van der Waals surface area contributed by atoms with Gasteiger partial charge in [0.25, 0.3) is 0 Å². The molecule has 3 unspecified atom stereocenters. The Morgan fingerprint density at radius 3 is 2.44 bits per heavy atom. The Hall–Kier alpha value is -0.0800. The van der Waals surface area contributed by atoms with Gasteiger partial charge in [-0.05, 0) is 49.9 Å². The molecule has 0 radical (unpaired) electrons. The molecular formula is C14H26N2. The van der Waals surface area contributed by atoms with Gasteiger partial charge in [-0.1, -0.05) is 12.8 Å². The van der Waals surface area contributed by atoms with Crippen LogP contribution in [-0.2, 0) is 0 Å². The van der Waals surface area contributed by atoms with Crippen LogP contribution in [0.15, 0.2) is 0 Å². The van der Waals surface area contributed by atoms with E-state index in [-0.39, 0.29) is 0 Å². The highest BCUT2D eigenvalue weighted by Crippen LogP contribution is 2.48. The molecule has 92 valence electrons. The fourth-order valence-corrected chi connectivity index (χ4v) is 4.24. The van der Waals surface area contributed by atoms with Crippen molar-refractivity contribution in [3.63, 3.8) is 0 Å². The Kier molecular flexibility index (Phi) is 3.21. The molecule has 2 bridgehead atoms. The van der Waals surface area contributed by atoms with Crippen LogP contribution in [0.25, 0.3) is 0 Å². The van der Waals surface area contributed by atoms with Gasteiger partial charge in [0.15, 0.2) is 0 Å². The fourth-order valence-electron chi connectivity index (χ4n) is 4.24. The lowest BCUT2D eigenvalue weighted by Gasteiger charge is -2.40. The summed E-state index contributed by atoms with van der Waals surface area (Å²) in [5.74, 6) is 3.19. The number of hydrogen-bond donors (Lipinski definition) is 1. The van der Waals surface area contributed by atoms with Gasteiger partial charge in [0.2, 0.25) is 0 Å². The van der Waals surface area contributed by atoms with Crippen LogP contribution >= 0.6 is 0 Å². The van der Waals surface area contributed by atoms with E-state index >= 15 is 0 Å². The normalized spacial score (nSPS) is 38.2. The van der Waals surface area contributed by atoms with E-state index in [0.717, 1.165) is 36.9 Å². The molecule has 3 saturated carbocycles. The van der Waals surface area contributed by atoms with E-state index in [1.165, 1.54) is 45.1 Å². The van der Waals surface area contributed by atoms with Crippen molar-refractivity contribution in [1.29, 1.82) is 0 Å². The molecule has 3 aliphatic rings. The molecule has 0 saturated heterocycles. The Bertz CT molecular complexity index is 237. The second kappa shape index (κ2) is 4.66. The standard InChI is InChI=1S/C14H26N2/c15-6-7-16(14-2-1-3-14)10-13-9-11-4-5-12(13)8-11/h11-14H,1-10,15H2. The second-order valence-corrected chi connectivity index (χ2v) is 6.30. The molecule has 3 rings (SSSR count). The molecule has 16 heavy (non-hydrogen) atoms. The second-order valence-electron chi connectivity index (χ2n) is 6.30. The highest BCUT2D eigenvalue weighted by atomic mass is 15.2. The number of fused-ring (bicyclic) bond motifs is 2. The highest BCUT2D eigenvalue weighted by Gasteiger charge is 2.40. The SMILES string of the molecule is NCCN(CC1CC2CCC1C2)C1CCC1. The van der Waals surface area contributed by atoms with Crippen molar-refractivity contribution in [2.75, 3.05) is 19.6 Å². The van der Waals surface area contributed by atoms with Gasteiger partial charge in [-0.25, -0.2) is 0 Å². The van der Waals surface area contributed by atoms with Crippen molar-refractivity contribution in [3.05, 3.63) is 0 Å². The van der Waals surface area contributed by atoms with E-state index in [1.807, 2.05) is 0 Å². The molecule has 0 heterocycles. The van der Waals surface area contributed by atoms with Crippen molar-refractivity contribution in [2.45, 2.75) is 51.0 Å². The Morgan fingerprint density at radius 1 is 1.06 bits per heavy atom. The smallest absolute Gasteiger partial charge is 0.0108 e. The van der Waals surface area contributed by atoms with Crippen molar-refractivity contribution in [2.24, 2.45) is 23.5 Å². The lowest BCUT2D eigenvalue weighted by molar-refractivity contribution is 0.0958. The van der Waals surface area contributed by atoms with Gasteiger partial charge >= 0.3 is 0 Å². The molecule has 2 heteroatoms. The third-order valence-electron chi connectivity index (χ3n) is 5.36. The van der Waals surface area contributed by atoms with Gasteiger partial charge in [-0.3, -0.25) is 4.90 Å². The van der Waals surface area contributed by atoms with Crippen molar-refractivity contribution < 1.29 is 0 Å². The van der Waals surface area contributed by atoms with Crippen LogP contribution in [0.1, 0.15) is 44.9 Å². The van der Waals surface area contributed by atoms with Crippen LogP contribution in [-0.4, -0.2) is 30.6 Å². The first-order valence-corrected chi connectivity index (χ1v) is 7.31. The molecule has 0 aliphatic heterocycles. The highest BCUT2D eigenvalue weighted by molar-refractivity contribution is 4.92. The minimum absolute atomic E-state index is 0.845. The maximum absolute atomic E-state index is 5.75. The number of nitrogens with two attached hydrogens (primary N) is 1. The molecule has 0 spiro atoms. The fraction of sp³-hybridized carbons (Fsp3) is 1.00. The summed E-state index contributed by atoms with van der Waals surface area (Å²) in [5.41, 5.74) is 5.75. The molecule has 2 nitrogen and oxygen atoms in total. The van der Waals surface area contributed by atoms with Crippen LogP contribution in [0.5, 0.6) is 0 Å². The molecule has 3 fully saturated rings. The monoisotopic (exact) mass is 222 g/mol. The first-order chi connectivity index (χ1) is 7.86. The zero-order valence-electron chi connectivity index (χ0n) is 10.4. The first kappa shape index (κ1) is 11.0. The Labute approximate surface area is 99.6 Å². The van der Waals surface area contributed by atoms with E-state index in [4.69, 9.17) is 5.73 Å². The van der Waals surface area contributed by atoms with E-state index < -0.39 is 0 Å². The molecule has 0 amide bonds. The van der Waals surface area contributed by atoms with E-state index in [2.05, 4.69) is 4.90 Å². The molecule has 3 atom stereocenters. The van der Waals surface area contributed by atoms with E-state index in [1.54, 1.807) is 6.42 Å². The summed E-state index contributed by atoms with van der Waals surface area (Å²) in [6.45, 7) is 3.35. The van der Waals surface area contributed by atoms with Crippen molar-refractivity contribution in [1.82, 2.24) is 4.90 Å². The number of nitrogens with zero attached hydrogens (tertiary/aromatic N) is 1. The van der Waals surface area contributed by atoms with Gasteiger partial charge in [-0.2, -0.15) is 0 Å². The summed E-state index contributed by atoms with van der Waals surface area (Å²) in [7, 11) is 0. The average Bonchev–Trinajstić information content (AvgIpc) is 2.76. The van der Waals surface area contributed by atoms with Crippen LogP contribution < -0.4 is 5.73 Å². The summed E-state index contributed by atoms with van der Waals surface area (Å²) in [6.07, 6.45) is 10.4. The van der Waals surface area contributed by atoms with Crippen molar-refractivity contribution in [3.8, 4) is 0 Å². The van der Waals surface area contributed by atoms with Crippen LogP contribution in [0.2, 0.25) is 0 Å². The first-order valence-electron chi connectivity index (χ1n) is 7.31. The van der Waals surface area contributed by atoms with Gasteiger partial charge in [-0.15, -0.1) is 0 Å². The zero-order chi connectivity index (χ0) is 11.0. The van der Waals surface area contributed by atoms with Crippen molar-refractivity contribution >= 4 is 0 Å². The van der Waals surface area contributed by atoms with Crippen LogP contribution in [0.4, 0.5) is 0 Å². The minimum Gasteiger partial charge on any atom is -0.329 e. The van der Waals surface area contributed by atoms with Crippen LogP contribution in [0.3, 0.4) is 0 Å². The summed E-state index contributed by atoms with van der Waals surface area (Å²) < 4.78 is 0. The minimum atomic E-state index is 0.845. The molecular weight excluding hydrogens is 196 g/mol. The molecule has 3 aliphatic carbocycles. The van der Waals surface area contributed by atoms with Gasteiger partial charge < -0.3 is 5.73 Å². The van der Waals surface area contributed by atoms with Gasteiger partial charge in [0.05, 0.1) is 0 Å². The lowest BCUT2D eigenvalue weighted by Crippen LogP contribution is -2.45. The average molecular weight is 222 g/mol. The maximum Gasteiger partial charge on any atom is 0.0108 e. The third kappa shape index (κ3) is 2.02. The summed E-state index contributed by atoms with van der Waals surface area (Å²) >= 11 is 0. The lowest BCUT2D eigenvalue weighted by atomic mass is 9.86. The Morgan fingerprint density at radius 2 is 1.94 bits per heavy atom. The quantitative estimate of drug-likeness (QED) is 0.773. The van der Waals surface area contributed by atoms with Gasteiger partial charge in [0, 0.05) is 25.7 Å². The molecule has 0 aromatic rings. The summed E-state index contributed by atoms with van der Waals surface area (Å²) in [5, 5.41) is 0. The maximum atomic E-state index is 5.75. The topological polar surface area (TPSA) is 29.3 Å². The van der Waals surface area contributed by atoms with Gasteiger partial charge in [0.1, 0.15) is 0 Å². The predicted molar refractivity (Wildman–Crippen MR) is 67.2 cm³/mol. The molecule has 0 aromatic carbocycles. The number of rotatable bonds is 5. The summed E-state index contributed by atoms with van der Waals surface area (Å²) in [4.78, 5) is 2.72. The zero-order valence-corrected chi connectivity index (χ0v) is 10.4. The Balaban J connectivity index is 1.54.